The molecule has 0 unspecified atom stereocenters. The molecule has 1 saturated carbocycles. The first-order chi connectivity index (χ1) is 19.2. The van der Waals surface area contributed by atoms with Gasteiger partial charge in [-0.2, -0.15) is 0 Å². The quantitative estimate of drug-likeness (QED) is 0.398. The third kappa shape index (κ3) is 7.84. The summed E-state index contributed by atoms with van der Waals surface area (Å²) in [6.45, 7) is 3.31. The summed E-state index contributed by atoms with van der Waals surface area (Å²) in [7, 11) is 5.70. The SMILES string of the molecule is CC(=O)N(C)[C@@H]1CC[C@@H](CN(C)CCCc2ccc(F)cc2)[C@H](NC(=O)Nc2cccc(-c3nnnn3C)c2)C1. The molecule has 1 fully saturated rings. The molecule has 4 rings (SSSR count). The van der Waals surface area contributed by atoms with Crippen LogP contribution in [0.15, 0.2) is 48.5 Å². The largest absolute Gasteiger partial charge is 0.343 e. The van der Waals surface area contributed by atoms with E-state index in [0.29, 0.717) is 17.9 Å². The Labute approximate surface area is 234 Å². The Morgan fingerprint density at radius 2 is 1.90 bits per heavy atom. The summed E-state index contributed by atoms with van der Waals surface area (Å²) >= 11 is 0. The van der Waals surface area contributed by atoms with Gasteiger partial charge in [-0.3, -0.25) is 4.79 Å². The van der Waals surface area contributed by atoms with Crippen molar-refractivity contribution in [2.75, 3.05) is 32.5 Å². The first-order valence-electron chi connectivity index (χ1n) is 13.8. The maximum atomic E-state index is 13.2. The second kappa shape index (κ2) is 13.5. The Hall–Kier alpha value is -3.86. The number of nitrogens with one attached hydrogen (secondary N) is 2. The van der Waals surface area contributed by atoms with Crippen LogP contribution in [-0.4, -0.2) is 81.2 Å². The van der Waals surface area contributed by atoms with Crippen LogP contribution in [0.2, 0.25) is 0 Å². The van der Waals surface area contributed by atoms with Crippen LogP contribution in [0.25, 0.3) is 11.4 Å². The monoisotopic (exact) mass is 550 g/mol. The second-order valence-corrected chi connectivity index (χ2v) is 10.8. The number of carbonyl (C=O) groups excluding carboxylic acids is 2. The maximum Gasteiger partial charge on any atom is 0.319 e. The standard InChI is InChI=1S/C29H39FN8O2/c1-20(39)37(3)26-15-12-23(19-36(2)16-6-7-21-10-13-24(30)14-11-21)27(18-26)32-29(40)31-25-9-5-8-22(17-25)28-33-34-35-38(28)4/h5,8-11,13-14,17,23,26-27H,6-7,12,15-16,18-19H2,1-4H3,(H2,31,32,40)/t23-,26+,27+/m0/s1. The molecule has 0 aliphatic heterocycles. The summed E-state index contributed by atoms with van der Waals surface area (Å²) in [6.07, 6.45) is 4.35. The van der Waals surface area contributed by atoms with Gasteiger partial charge in [0, 0.05) is 50.9 Å². The molecular weight excluding hydrogens is 511 g/mol. The van der Waals surface area contributed by atoms with E-state index in [-0.39, 0.29) is 35.8 Å². The zero-order chi connectivity index (χ0) is 28.6. The van der Waals surface area contributed by atoms with E-state index >= 15 is 0 Å². The molecular formula is C29H39FN8O2. The van der Waals surface area contributed by atoms with Gasteiger partial charge < -0.3 is 20.4 Å². The highest BCUT2D eigenvalue weighted by Crippen LogP contribution is 2.29. The van der Waals surface area contributed by atoms with Gasteiger partial charge in [0.05, 0.1) is 0 Å². The fourth-order valence-corrected chi connectivity index (χ4v) is 5.46. The van der Waals surface area contributed by atoms with Gasteiger partial charge in [0.2, 0.25) is 5.91 Å². The summed E-state index contributed by atoms with van der Waals surface area (Å²) in [6, 6.07) is 13.8. The normalized spacial score (nSPS) is 18.9. The molecule has 3 amide bonds. The Balaban J connectivity index is 1.37. The van der Waals surface area contributed by atoms with Gasteiger partial charge in [0.25, 0.3) is 0 Å². The number of aryl methyl sites for hydroxylation is 2. The van der Waals surface area contributed by atoms with E-state index in [0.717, 1.165) is 49.9 Å². The van der Waals surface area contributed by atoms with Crippen LogP contribution in [0.5, 0.6) is 0 Å². The molecule has 0 spiro atoms. The predicted octanol–water partition coefficient (Wildman–Crippen LogP) is 3.72. The van der Waals surface area contributed by atoms with E-state index in [4.69, 9.17) is 0 Å². The number of anilines is 1. The predicted molar refractivity (Wildman–Crippen MR) is 152 cm³/mol. The second-order valence-electron chi connectivity index (χ2n) is 10.8. The molecule has 3 aromatic rings. The highest BCUT2D eigenvalue weighted by Gasteiger charge is 2.34. The molecule has 214 valence electrons. The average Bonchev–Trinajstić information content (AvgIpc) is 3.36. The fourth-order valence-electron chi connectivity index (χ4n) is 5.46. The molecule has 11 heteroatoms. The minimum absolute atomic E-state index is 0.0274. The lowest BCUT2D eigenvalue weighted by atomic mass is 9.80. The summed E-state index contributed by atoms with van der Waals surface area (Å²) in [5.41, 5.74) is 2.56. The van der Waals surface area contributed by atoms with Crippen LogP contribution in [0.4, 0.5) is 14.9 Å². The van der Waals surface area contributed by atoms with Gasteiger partial charge >= 0.3 is 6.03 Å². The zero-order valence-corrected chi connectivity index (χ0v) is 23.7. The Kier molecular flexibility index (Phi) is 9.81. The molecule has 2 N–H and O–H groups in total. The lowest BCUT2D eigenvalue weighted by Gasteiger charge is -2.41. The van der Waals surface area contributed by atoms with Crippen LogP contribution < -0.4 is 10.6 Å². The van der Waals surface area contributed by atoms with Crippen molar-refractivity contribution in [2.45, 2.75) is 51.1 Å². The third-order valence-electron chi connectivity index (χ3n) is 7.79. The van der Waals surface area contributed by atoms with Crippen molar-refractivity contribution in [3.63, 3.8) is 0 Å². The first kappa shape index (κ1) is 29.1. The number of carbonyl (C=O) groups is 2. The van der Waals surface area contributed by atoms with E-state index in [1.54, 1.807) is 23.6 Å². The van der Waals surface area contributed by atoms with Crippen LogP contribution in [0.1, 0.15) is 38.2 Å². The number of tetrazole rings is 1. The van der Waals surface area contributed by atoms with Crippen molar-refractivity contribution >= 4 is 17.6 Å². The summed E-state index contributed by atoms with van der Waals surface area (Å²) in [5, 5.41) is 17.8. The van der Waals surface area contributed by atoms with Crippen LogP contribution >= 0.6 is 0 Å². The minimum atomic E-state index is -0.284. The minimum Gasteiger partial charge on any atom is -0.343 e. The van der Waals surface area contributed by atoms with Gasteiger partial charge in [-0.15, -0.1) is 5.10 Å². The molecule has 2 aromatic carbocycles. The lowest BCUT2D eigenvalue weighted by molar-refractivity contribution is -0.130. The van der Waals surface area contributed by atoms with Gasteiger partial charge in [-0.05, 0) is 91.9 Å². The smallest absolute Gasteiger partial charge is 0.319 e. The molecule has 0 saturated heterocycles. The van der Waals surface area contributed by atoms with Crippen molar-refractivity contribution in [3.05, 3.63) is 59.9 Å². The number of hydrogen-bond acceptors (Lipinski definition) is 6. The Morgan fingerprint density at radius 1 is 1.12 bits per heavy atom. The Bertz CT molecular complexity index is 1280. The van der Waals surface area contributed by atoms with Crippen LogP contribution in [0, 0.1) is 11.7 Å². The number of rotatable bonds is 10. The average molecular weight is 551 g/mol. The number of hydrogen-bond donors (Lipinski definition) is 2. The van der Waals surface area contributed by atoms with E-state index in [9.17, 15) is 14.0 Å². The molecule has 10 nitrogen and oxygen atoms in total. The topological polar surface area (TPSA) is 108 Å². The van der Waals surface area contributed by atoms with Gasteiger partial charge in [-0.25, -0.2) is 13.9 Å². The molecule has 1 aromatic heterocycles. The summed E-state index contributed by atoms with van der Waals surface area (Å²) in [5.74, 6) is 0.660. The van der Waals surface area contributed by atoms with Crippen molar-refractivity contribution in [1.82, 2.24) is 35.3 Å². The number of nitrogens with zero attached hydrogens (tertiary/aromatic N) is 6. The molecule has 1 heterocycles. The van der Waals surface area contributed by atoms with E-state index in [1.165, 1.54) is 12.1 Å². The molecule has 0 radical (unpaired) electrons. The molecule has 40 heavy (non-hydrogen) atoms. The van der Waals surface area contributed by atoms with Crippen molar-refractivity contribution in [1.29, 1.82) is 0 Å². The van der Waals surface area contributed by atoms with Gasteiger partial charge in [0.15, 0.2) is 5.82 Å². The number of benzene rings is 2. The van der Waals surface area contributed by atoms with Crippen molar-refractivity contribution < 1.29 is 14.0 Å². The van der Waals surface area contributed by atoms with Gasteiger partial charge in [-0.1, -0.05) is 24.3 Å². The highest BCUT2D eigenvalue weighted by atomic mass is 19.1. The first-order valence-corrected chi connectivity index (χ1v) is 13.8. The Morgan fingerprint density at radius 3 is 2.60 bits per heavy atom. The number of amides is 3. The van der Waals surface area contributed by atoms with Crippen molar-refractivity contribution in [3.8, 4) is 11.4 Å². The highest BCUT2D eigenvalue weighted by molar-refractivity contribution is 5.90. The van der Waals surface area contributed by atoms with Crippen LogP contribution in [0.3, 0.4) is 0 Å². The molecule has 1 aliphatic carbocycles. The van der Waals surface area contributed by atoms with E-state index < -0.39 is 0 Å². The van der Waals surface area contributed by atoms with Gasteiger partial charge in [0.1, 0.15) is 5.82 Å². The fraction of sp³-hybridized carbons (Fsp3) is 0.483. The number of halogens is 1. The molecule has 1 aliphatic rings. The van der Waals surface area contributed by atoms with E-state index in [2.05, 4.69) is 38.1 Å². The van der Waals surface area contributed by atoms with E-state index in [1.807, 2.05) is 43.4 Å². The van der Waals surface area contributed by atoms with Crippen LogP contribution in [-0.2, 0) is 18.3 Å². The maximum absolute atomic E-state index is 13.2. The van der Waals surface area contributed by atoms with Crippen molar-refractivity contribution in [2.24, 2.45) is 13.0 Å². The molecule has 3 atom stereocenters. The number of urea groups is 1. The summed E-state index contributed by atoms with van der Waals surface area (Å²) in [4.78, 5) is 29.3. The zero-order valence-electron chi connectivity index (χ0n) is 23.7. The third-order valence-corrected chi connectivity index (χ3v) is 7.79. The molecule has 0 bridgehead atoms. The lowest BCUT2D eigenvalue weighted by Crippen LogP contribution is -2.53. The summed E-state index contributed by atoms with van der Waals surface area (Å²) < 4.78 is 14.8. The number of aromatic nitrogens is 4.